The van der Waals surface area contributed by atoms with Gasteiger partial charge in [-0.3, -0.25) is 10.1 Å². The Balaban J connectivity index is 2.11. The smallest absolute Gasteiger partial charge is 0.287 e. The van der Waals surface area contributed by atoms with Gasteiger partial charge in [0.2, 0.25) is 0 Å². The van der Waals surface area contributed by atoms with E-state index in [4.69, 9.17) is 5.26 Å². The topological polar surface area (TPSA) is 70.2 Å². The summed E-state index contributed by atoms with van der Waals surface area (Å²) in [7, 11) is 1.91. The van der Waals surface area contributed by atoms with E-state index >= 15 is 0 Å². The van der Waals surface area contributed by atoms with Crippen LogP contribution < -0.4 is 4.90 Å². The van der Waals surface area contributed by atoms with Crippen LogP contribution in [0.5, 0.6) is 0 Å². The lowest BCUT2D eigenvalue weighted by Crippen LogP contribution is -2.20. The minimum atomic E-state index is -0.535. The van der Waals surface area contributed by atoms with Gasteiger partial charge in [0.25, 0.3) is 5.69 Å². The zero-order chi connectivity index (χ0) is 15.2. The first-order valence-corrected chi connectivity index (χ1v) is 6.55. The summed E-state index contributed by atoms with van der Waals surface area (Å²) < 4.78 is 0. The van der Waals surface area contributed by atoms with E-state index in [2.05, 4.69) is 12.1 Å². The van der Waals surface area contributed by atoms with Crippen molar-refractivity contribution < 1.29 is 4.92 Å². The Bertz CT molecular complexity index is 678. The van der Waals surface area contributed by atoms with Crippen LogP contribution >= 0.6 is 0 Å². The summed E-state index contributed by atoms with van der Waals surface area (Å²) in [6, 6.07) is 16.6. The number of nitrogens with zero attached hydrogens (tertiary/aromatic N) is 3. The fourth-order valence-corrected chi connectivity index (χ4v) is 2.08. The lowest BCUT2D eigenvalue weighted by Gasteiger charge is -2.19. The lowest BCUT2D eigenvalue weighted by molar-refractivity contribution is -0.385. The SMILES string of the molecule is CN(CCc1ccccc1)c1ccc([N+](=O)[O-])c(C#N)c1. The second-order valence-electron chi connectivity index (χ2n) is 4.73. The summed E-state index contributed by atoms with van der Waals surface area (Å²) >= 11 is 0. The molecule has 0 atom stereocenters. The zero-order valence-corrected chi connectivity index (χ0v) is 11.7. The van der Waals surface area contributed by atoms with Crippen molar-refractivity contribution in [3.8, 4) is 6.07 Å². The highest BCUT2D eigenvalue weighted by molar-refractivity contribution is 5.59. The predicted molar refractivity (Wildman–Crippen MR) is 81.2 cm³/mol. The number of nitriles is 1. The fraction of sp³-hybridized carbons (Fsp3) is 0.188. The Morgan fingerprint density at radius 2 is 1.95 bits per heavy atom. The van der Waals surface area contributed by atoms with Gasteiger partial charge in [-0.1, -0.05) is 30.3 Å². The molecular formula is C16H15N3O2. The second kappa shape index (κ2) is 6.53. The van der Waals surface area contributed by atoms with E-state index in [-0.39, 0.29) is 11.3 Å². The molecule has 0 saturated carbocycles. The van der Waals surface area contributed by atoms with E-state index in [1.54, 1.807) is 12.1 Å². The third-order valence-corrected chi connectivity index (χ3v) is 3.32. The average Bonchev–Trinajstić information content (AvgIpc) is 2.52. The minimum absolute atomic E-state index is 0.0871. The molecule has 106 valence electrons. The molecule has 0 N–H and O–H groups in total. The Morgan fingerprint density at radius 1 is 1.24 bits per heavy atom. The molecule has 2 rings (SSSR count). The monoisotopic (exact) mass is 281 g/mol. The molecule has 0 bridgehead atoms. The number of benzene rings is 2. The summed E-state index contributed by atoms with van der Waals surface area (Å²) in [6.45, 7) is 0.771. The van der Waals surface area contributed by atoms with Crippen LogP contribution in [-0.4, -0.2) is 18.5 Å². The van der Waals surface area contributed by atoms with Crippen LogP contribution in [0, 0.1) is 21.4 Å². The highest BCUT2D eigenvalue weighted by atomic mass is 16.6. The van der Waals surface area contributed by atoms with Crippen LogP contribution in [0.25, 0.3) is 0 Å². The van der Waals surface area contributed by atoms with Crippen molar-refractivity contribution in [3.63, 3.8) is 0 Å². The minimum Gasteiger partial charge on any atom is -0.374 e. The number of nitro benzene ring substituents is 1. The highest BCUT2D eigenvalue weighted by Gasteiger charge is 2.14. The Morgan fingerprint density at radius 3 is 2.57 bits per heavy atom. The molecule has 2 aromatic rings. The van der Waals surface area contributed by atoms with Gasteiger partial charge in [-0.15, -0.1) is 0 Å². The molecule has 0 fully saturated rings. The third-order valence-electron chi connectivity index (χ3n) is 3.32. The number of hydrogen-bond donors (Lipinski definition) is 0. The van der Waals surface area contributed by atoms with Crippen LogP contribution in [0.4, 0.5) is 11.4 Å². The maximum absolute atomic E-state index is 10.8. The summed E-state index contributed by atoms with van der Waals surface area (Å²) in [5.74, 6) is 0. The van der Waals surface area contributed by atoms with Crippen LogP contribution in [0.15, 0.2) is 48.5 Å². The quantitative estimate of drug-likeness (QED) is 0.623. The van der Waals surface area contributed by atoms with Gasteiger partial charge in [0.1, 0.15) is 11.6 Å². The summed E-state index contributed by atoms with van der Waals surface area (Å²) in [5, 5.41) is 19.8. The van der Waals surface area contributed by atoms with Gasteiger partial charge < -0.3 is 4.90 Å². The number of nitro groups is 1. The van der Waals surface area contributed by atoms with Gasteiger partial charge in [-0.2, -0.15) is 5.26 Å². The van der Waals surface area contributed by atoms with E-state index in [1.165, 1.54) is 11.6 Å². The van der Waals surface area contributed by atoms with E-state index in [1.807, 2.05) is 36.2 Å². The van der Waals surface area contributed by atoms with E-state index < -0.39 is 4.92 Å². The van der Waals surface area contributed by atoms with Crippen LogP contribution in [-0.2, 0) is 6.42 Å². The predicted octanol–water partition coefficient (Wildman–Crippen LogP) is 3.15. The highest BCUT2D eigenvalue weighted by Crippen LogP contribution is 2.23. The molecule has 0 aliphatic heterocycles. The molecule has 0 heterocycles. The van der Waals surface area contributed by atoms with Gasteiger partial charge >= 0.3 is 0 Å². The van der Waals surface area contributed by atoms with Crippen molar-refractivity contribution in [2.45, 2.75) is 6.42 Å². The molecule has 21 heavy (non-hydrogen) atoms. The standard InChI is InChI=1S/C16H15N3O2/c1-18(10-9-13-5-3-2-4-6-13)15-7-8-16(19(20)21)14(11-15)12-17/h2-8,11H,9-10H2,1H3. The summed E-state index contributed by atoms with van der Waals surface area (Å²) in [6.07, 6.45) is 0.871. The van der Waals surface area contributed by atoms with Gasteiger partial charge in [-0.25, -0.2) is 0 Å². The van der Waals surface area contributed by atoms with Crippen molar-refractivity contribution >= 4 is 11.4 Å². The molecule has 0 unspecified atom stereocenters. The van der Waals surface area contributed by atoms with Crippen molar-refractivity contribution in [1.82, 2.24) is 0 Å². The van der Waals surface area contributed by atoms with E-state index in [0.29, 0.717) is 0 Å². The van der Waals surface area contributed by atoms with Crippen molar-refractivity contribution in [2.24, 2.45) is 0 Å². The van der Waals surface area contributed by atoms with Gasteiger partial charge in [0.05, 0.1) is 4.92 Å². The zero-order valence-electron chi connectivity index (χ0n) is 11.7. The van der Waals surface area contributed by atoms with E-state index in [0.717, 1.165) is 18.7 Å². The first kappa shape index (κ1) is 14.5. The second-order valence-corrected chi connectivity index (χ2v) is 4.73. The third kappa shape index (κ3) is 3.57. The largest absolute Gasteiger partial charge is 0.374 e. The molecule has 0 aromatic heterocycles. The Hall–Kier alpha value is -2.87. The molecule has 2 aromatic carbocycles. The molecule has 5 heteroatoms. The van der Waals surface area contributed by atoms with Gasteiger partial charge in [0, 0.05) is 25.3 Å². The maximum atomic E-state index is 10.8. The molecule has 0 aliphatic carbocycles. The number of rotatable bonds is 5. The summed E-state index contributed by atoms with van der Waals surface area (Å²) in [4.78, 5) is 12.3. The van der Waals surface area contributed by atoms with Crippen molar-refractivity contribution in [2.75, 3.05) is 18.5 Å². The normalized spacial score (nSPS) is 9.90. The van der Waals surface area contributed by atoms with Crippen LogP contribution in [0.1, 0.15) is 11.1 Å². The Labute approximate surface area is 123 Å². The molecule has 0 aliphatic rings. The Kier molecular flexibility index (Phi) is 4.52. The average molecular weight is 281 g/mol. The molecular weight excluding hydrogens is 266 g/mol. The molecule has 0 amide bonds. The summed E-state index contributed by atoms with van der Waals surface area (Å²) in [5.41, 5.74) is 1.96. The van der Waals surface area contributed by atoms with Gasteiger partial charge in [0.15, 0.2) is 0 Å². The fourth-order valence-electron chi connectivity index (χ4n) is 2.08. The molecule has 5 nitrogen and oxygen atoms in total. The first-order chi connectivity index (χ1) is 10.1. The molecule has 0 radical (unpaired) electrons. The van der Waals surface area contributed by atoms with Crippen molar-refractivity contribution in [1.29, 1.82) is 5.26 Å². The van der Waals surface area contributed by atoms with Gasteiger partial charge in [-0.05, 0) is 24.1 Å². The molecule has 0 spiro atoms. The van der Waals surface area contributed by atoms with Crippen LogP contribution in [0.3, 0.4) is 0 Å². The first-order valence-electron chi connectivity index (χ1n) is 6.55. The van der Waals surface area contributed by atoms with Crippen LogP contribution in [0.2, 0.25) is 0 Å². The maximum Gasteiger partial charge on any atom is 0.287 e. The lowest BCUT2D eigenvalue weighted by atomic mass is 10.1. The van der Waals surface area contributed by atoms with Crippen molar-refractivity contribution in [3.05, 3.63) is 69.8 Å². The van der Waals surface area contributed by atoms with E-state index in [9.17, 15) is 10.1 Å². The molecule has 0 saturated heterocycles. The number of anilines is 1. The number of likely N-dealkylation sites (N-methyl/N-ethyl adjacent to an activating group) is 1. The number of hydrogen-bond acceptors (Lipinski definition) is 4.